The van der Waals surface area contributed by atoms with Crippen LogP contribution in [0, 0.1) is 11.8 Å². The van der Waals surface area contributed by atoms with E-state index in [4.69, 9.17) is 9.84 Å². The quantitative estimate of drug-likeness (QED) is 0.605. The first-order valence-corrected chi connectivity index (χ1v) is 4.52. The van der Waals surface area contributed by atoms with Crippen molar-refractivity contribution in [1.29, 1.82) is 0 Å². The fourth-order valence-corrected chi connectivity index (χ4v) is 1.77. The molecule has 72 valence electrons. The molecule has 1 rings (SSSR count). The van der Waals surface area contributed by atoms with Crippen molar-refractivity contribution >= 4 is 0 Å². The summed E-state index contributed by atoms with van der Waals surface area (Å²) in [6.45, 7) is 5.88. The average molecular weight is 174 g/mol. The minimum Gasteiger partial charge on any atom is -0.394 e. The van der Waals surface area contributed by atoms with Crippen molar-refractivity contribution in [1.82, 2.24) is 0 Å². The third kappa shape index (κ3) is 1.63. The molecule has 12 heavy (non-hydrogen) atoms. The van der Waals surface area contributed by atoms with E-state index in [0.29, 0.717) is 0 Å². The van der Waals surface area contributed by atoms with Gasteiger partial charge in [-0.1, -0.05) is 13.8 Å². The second-order valence-corrected chi connectivity index (χ2v) is 3.77. The van der Waals surface area contributed by atoms with Gasteiger partial charge in [-0.3, -0.25) is 0 Å². The summed E-state index contributed by atoms with van der Waals surface area (Å²) in [6, 6.07) is 0. The molecule has 0 aromatic carbocycles. The smallest absolute Gasteiger partial charge is 0.0839 e. The van der Waals surface area contributed by atoms with Gasteiger partial charge in [-0.15, -0.1) is 0 Å². The lowest BCUT2D eigenvalue weighted by Crippen LogP contribution is -2.49. The molecule has 0 aromatic rings. The van der Waals surface area contributed by atoms with Crippen molar-refractivity contribution in [2.45, 2.75) is 39.1 Å². The lowest BCUT2D eigenvalue weighted by atomic mass is 9.82. The molecule has 0 aromatic heterocycles. The van der Waals surface area contributed by atoms with E-state index in [-0.39, 0.29) is 30.7 Å². The highest BCUT2D eigenvalue weighted by Gasteiger charge is 2.37. The lowest BCUT2D eigenvalue weighted by Gasteiger charge is -2.40. The molecule has 1 aliphatic rings. The first-order valence-electron chi connectivity index (χ1n) is 4.52. The van der Waals surface area contributed by atoms with Gasteiger partial charge < -0.3 is 14.9 Å². The molecule has 0 amide bonds. The van der Waals surface area contributed by atoms with Crippen LogP contribution in [0.3, 0.4) is 0 Å². The SMILES string of the molecule is CC1C(O)[C@H](C)OC(CO)[C@@H]1C. The first kappa shape index (κ1) is 9.96. The van der Waals surface area contributed by atoms with Crippen LogP contribution < -0.4 is 0 Å². The van der Waals surface area contributed by atoms with Gasteiger partial charge in [0.1, 0.15) is 0 Å². The van der Waals surface area contributed by atoms with E-state index in [9.17, 15) is 5.11 Å². The molecule has 0 spiro atoms. The molecule has 1 fully saturated rings. The highest BCUT2D eigenvalue weighted by molar-refractivity contribution is 4.85. The maximum absolute atomic E-state index is 9.62. The molecule has 0 radical (unpaired) electrons. The van der Waals surface area contributed by atoms with Gasteiger partial charge in [-0.05, 0) is 18.8 Å². The van der Waals surface area contributed by atoms with Crippen LogP contribution in [0.2, 0.25) is 0 Å². The summed E-state index contributed by atoms with van der Waals surface area (Å²) in [5, 5.41) is 18.6. The van der Waals surface area contributed by atoms with Crippen LogP contribution in [0.1, 0.15) is 20.8 Å². The average Bonchev–Trinajstić information content (AvgIpc) is 2.08. The number of ether oxygens (including phenoxy) is 1. The minimum absolute atomic E-state index is 0.0442. The normalized spacial score (nSPS) is 49.2. The van der Waals surface area contributed by atoms with Crippen LogP contribution in [0.15, 0.2) is 0 Å². The summed E-state index contributed by atoms with van der Waals surface area (Å²) in [5.74, 6) is 0.423. The van der Waals surface area contributed by atoms with Crippen LogP contribution in [0.4, 0.5) is 0 Å². The van der Waals surface area contributed by atoms with Crippen LogP contribution in [0.5, 0.6) is 0 Å². The Kier molecular flexibility index (Phi) is 3.09. The molecule has 5 atom stereocenters. The number of hydrogen-bond donors (Lipinski definition) is 2. The Morgan fingerprint density at radius 3 is 2.25 bits per heavy atom. The molecular formula is C9H18O3. The highest BCUT2D eigenvalue weighted by atomic mass is 16.5. The molecule has 3 nitrogen and oxygen atoms in total. The monoisotopic (exact) mass is 174 g/mol. The van der Waals surface area contributed by atoms with Crippen LogP contribution in [-0.4, -0.2) is 35.1 Å². The Hall–Kier alpha value is -0.120. The Labute approximate surface area is 73.4 Å². The maximum atomic E-state index is 9.62. The van der Waals surface area contributed by atoms with Crippen LogP contribution >= 0.6 is 0 Å². The Morgan fingerprint density at radius 1 is 1.17 bits per heavy atom. The van der Waals surface area contributed by atoms with Crippen molar-refractivity contribution in [3.63, 3.8) is 0 Å². The molecule has 1 saturated heterocycles. The molecular weight excluding hydrogens is 156 g/mol. The lowest BCUT2D eigenvalue weighted by molar-refractivity contribution is -0.171. The van der Waals surface area contributed by atoms with Crippen molar-refractivity contribution in [3.05, 3.63) is 0 Å². The molecule has 1 aliphatic heterocycles. The molecule has 3 unspecified atom stereocenters. The van der Waals surface area contributed by atoms with Gasteiger partial charge in [0.15, 0.2) is 0 Å². The van der Waals surface area contributed by atoms with E-state index in [1.165, 1.54) is 0 Å². The second kappa shape index (κ2) is 3.73. The predicted octanol–water partition coefficient (Wildman–Crippen LogP) is 0.399. The number of aliphatic hydroxyl groups excluding tert-OH is 2. The third-order valence-corrected chi connectivity index (χ3v) is 3.00. The van der Waals surface area contributed by atoms with E-state index in [1.807, 2.05) is 20.8 Å². The predicted molar refractivity (Wildman–Crippen MR) is 45.8 cm³/mol. The fourth-order valence-electron chi connectivity index (χ4n) is 1.77. The molecule has 0 aliphatic carbocycles. The van der Waals surface area contributed by atoms with E-state index in [0.717, 1.165) is 0 Å². The van der Waals surface area contributed by atoms with Crippen molar-refractivity contribution in [2.75, 3.05) is 6.61 Å². The van der Waals surface area contributed by atoms with Crippen LogP contribution in [-0.2, 0) is 4.74 Å². The molecule has 3 heteroatoms. The Bertz CT molecular complexity index is 144. The van der Waals surface area contributed by atoms with Gasteiger partial charge in [-0.25, -0.2) is 0 Å². The van der Waals surface area contributed by atoms with E-state index in [1.54, 1.807) is 0 Å². The van der Waals surface area contributed by atoms with E-state index < -0.39 is 6.10 Å². The number of aliphatic hydroxyl groups is 2. The summed E-state index contributed by atoms with van der Waals surface area (Å²) < 4.78 is 5.43. The number of hydrogen-bond acceptors (Lipinski definition) is 3. The van der Waals surface area contributed by atoms with Gasteiger partial charge in [0.2, 0.25) is 0 Å². The van der Waals surface area contributed by atoms with Crippen LogP contribution in [0.25, 0.3) is 0 Å². The third-order valence-electron chi connectivity index (χ3n) is 3.00. The fraction of sp³-hybridized carbons (Fsp3) is 1.00. The molecule has 0 bridgehead atoms. The van der Waals surface area contributed by atoms with Gasteiger partial charge in [0, 0.05) is 0 Å². The molecule has 0 saturated carbocycles. The number of rotatable bonds is 1. The van der Waals surface area contributed by atoms with Crippen molar-refractivity contribution < 1.29 is 14.9 Å². The molecule has 1 heterocycles. The Balaban J connectivity index is 2.63. The second-order valence-electron chi connectivity index (χ2n) is 3.77. The highest BCUT2D eigenvalue weighted by Crippen LogP contribution is 2.29. The summed E-state index contributed by atoms with van der Waals surface area (Å²) in [7, 11) is 0. The topological polar surface area (TPSA) is 49.7 Å². The van der Waals surface area contributed by atoms with E-state index in [2.05, 4.69) is 0 Å². The van der Waals surface area contributed by atoms with Gasteiger partial charge in [0.25, 0.3) is 0 Å². The summed E-state index contributed by atoms with van der Waals surface area (Å²) >= 11 is 0. The first-order chi connectivity index (χ1) is 5.57. The maximum Gasteiger partial charge on any atom is 0.0839 e. The van der Waals surface area contributed by atoms with Crippen molar-refractivity contribution in [3.8, 4) is 0 Å². The van der Waals surface area contributed by atoms with E-state index >= 15 is 0 Å². The zero-order valence-corrected chi connectivity index (χ0v) is 7.90. The van der Waals surface area contributed by atoms with Gasteiger partial charge >= 0.3 is 0 Å². The summed E-state index contributed by atoms with van der Waals surface area (Å²) in [4.78, 5) is 0. The minimum atomic E-state index is -0.400. The van der Waals surface area contributed by atoms with Crippen molar-refractivity contribution in [2.24, 2.45) is 11.8 Å². The van der Waals surface area contributed by atoms with Gasteiger partial charge in [-0.2, -0.15) is 0 Å². The standard InChI is InChI=1S/C9H18O3/c1-5-6(2)9(11)7(3)12-8(5)4-10/h5-11H,4H2,1-3H3/t5-,6?,7+,8?,9?/m1/s1. The summed E-state index contributed by atoms with van der Waals surface area (Å²) in [5.41, 5.74) is 0. The van der Waals surface area contributed by atoms with Gasteiger partial charge in [0.05, 0.1) is 24.9 Å². The summed E-state index contributed by atoms with van der Waals surface area (Å²) in [6.07, 6.45) is -0.672. The zero-order chi connectivity index (χ0) is 9.30. The largest absolute Gasteiger partial charge is 0.394 e. The zero-order valence-electron chi connectivity index (χ0n) is 7.90. The Morgan fingerprint density at radius 2 is 1.75 bits per heavy atom. The molecule has 2 N–H and O–H groups in total.